The molecule has 0 radical (unpaired) electrons. The van der Waals surface area contributed by atoms with Crippen molar-refractivity contribution >= 4 is 21.6 Å². The highest BCUT2D eigenvalue weighted by Gasteiger charge is 2.31. The van der Waals surface area contributed by atoms with E-state index in [0.717, 1.165) is 0 Å². The minimum Gasteiger partial charge on any atom is -0.392 e. The summed E-state index contributed by atoms with van der Waals surface area (Å²) in [6, 6.07) is 2.84. The number of hydrogen-bond donors (Lipinski definition) is 1. The number of hydrogen-bond acceptors (Lipinski definition) is 4. The van der Waals surface area contributed by atoms with E-state index in [1.54, 1.807) is 0 Å². The van der Waals surface area contributed by atoms with Crippen molar-refractivity contribution in [1.29, 1.82) is 0 Å². The van der Waals surface area contributed by atoms with Crippen LogP contribution in [0.4, 0.5) is 0 Å². The molecule has 1 saturated heterocycles. The molecule has 0 saturated carbocycles. The van der Waals surface area contributed by atoms with Gasteiger partial charge in [-0.05, 0) is 18.6 Å². The van der Waals surface area contributed by atoms with Crippen LogP contribution in [-0.4, -0.2) is 42.0 Å². The van der Waals surface area contributed by atoms with Gasteiger partial charge in [-0.2, -0.15) is 4.31 Å². The second-order valence-electron chi connectivity index (χ2n) is 3.62. The zero-order valence-corrected chi connectivity index (χ0v) is 9.95. The third-order valence-electron chi connectivity index (χ3n) is 2.46. The fraction of sp³-hybridized carbons (Fsp3) is 0.444. The molecular weight excluding hydrogens is 252 g/mol. The molecule has 1 atom stereocenters. The maximum Gasteiger partial charge on any atom is 0.244 e. The van der Waals surface area contributed by atoms with Crippen LogP contribution in [0.2, 0.25) is 5.15 Å². The molecule has 0 aromatic carbocycles. The summed E-state index contributed by atoms with van der Waals surface area (Å²) in [5.74, 6) is 0. The summed E-state index contributed by atoms with van der Waals surface area (Å²) in [5, 5.41) is 9.56. The number of nitrogens with zero attached hydrogens (tertiary/aromatic N) is 2. The van der Waals surface area contributed by atoms with Crippen LogP contribution >= 0.6 is 11.6 Å². The summed E-state index contributed by atoms with van der Waals surface area (Å²) in [6.45, 7) is 0.483. The first-order valence-corrected chi connectivity index (χ1v) is 6.62. The van der Waals surface area contributed by atoms with Gasteiger partial charge in [0.1, 0.15) is 10.0 Å². The lowest BCUT2D eigenvalue weighted by Crippen LogP contribution is -2.29. The summed E-state index contributed by atoms with van der Waals surface area (Å²) in [4.78, 5) is 3.84. The zero-order valence-electron chi connectivity index (χ0n) is 8.38. The summed E-state index contributed by atoms with van der Waals surface area (Å²) in [6.07, 6.45) is 1.12. The molecule has 2 heterocycles. The van der Waals surface area contributed by atoms with Crippen LogP contribution in [0.5, 0.6) is 0 Å². The molecule has 0 amide bonds. The van der Waals surface area contributed by atoms with Gasteiger partial charge in [-0.15, -0.1) is 0 Å². The van der Waals surface area contributed by atoms with Crippen LogP contribution in [0.1, 0.15) is 6.42 Å². The van der Waals surface area contributed by atoms with E-state index >= 15 is 0 Å². The number of pyridine rings is 1. The fourth-order valence-electron chi connectivity index (χ4n) is 1.59. The second kappa shape index (κ2) is 4.29. The minimum absolute atomic E-state index is 0.103. The van der Waals surface area contributed by atoms with Crippen molar-refractivity contribution in [3.63, 3.8) is 0 Å². The molecule has 0 spiro atoms. The van der Waals surface area contributed by atoms with Gasteiger partial charge in [0.05, 0.1) is 6.10 Å². The van der Waals surface area contributed by atoms with Crippen molar-refractivity contribution < 1.29 is 13.5 Å². The van der Waals surface area contributed by atoms with Crippen molar-refractivity contribution in [3.05, 3.63) is 23.5 Å². The van der Waals surface area contributed by atoms with Gasteiger partial charge in [0.15, 0.2) is 0 Å². The van der Waals surface area contributed by atoms with Crippen LogP contribution < -0.4 is 0 Å². The van der Waals surface area contributed by atoms with E-state index in [4.69, 9.17) is 11.6 Å². The lowest BCUT2D eigenvalue weighted by molar-refractivity contribution is 0.189. The molecule has 0 aliphatic carbocycles. The van der Waals surface area contributed by atoms with Crippen LogP contribution in [0.25, 0.3) is 0 Å². The summed E-state index contributed by atoms with van der Waals surface area (Å²) < 4.78 is 25.3. The summed E-state index contributed by atoms with van der Waals surface area (Å²) >= 11 is 5.59. The number of β-amino-alcohol motifs (C(OH)–C–C–N with tert-alkyl or cyclic N) is 1. The van der Waals surface area contributed by atoms with Crippen LogP contribution in [0.15, 0.2) is 23.2 Å². The zero-order chi connectivity index (χ0) is 11.8. The minimum atomic E-state index is -3.54. The standard InChI is InChI=1S/C9H11ClN2O3S/c10-9-2-1-8(5-11-9)16(14,15)12-4-3-7(13)6-12/h1-2,5,7,13H,3-4,6H2/t7-/m1/s1. The maximum absolute atomic E-state index is 12.0. The van der Waals surface area contributed by atoms with Gasteiger partial charge in [0.25, 0.3) is 0 Å². The van der Waals surface area contributed by atoms with E-state index < -0.39 is 16.1 Å². The van der Waals surface area contributed by atoms with E-state index in [0.29, 0.717) is 13.0 Å². The molecule has 5 nitrogen and oxygen atoms in total. The fourth-order valence-corrected chi connectivity index (χ4v) is 3.14. The van der Waals surface area contributed by atoms with Crippen LogP contribution in [-0.2, 0) is 10.0 Å². The Morgan fingerprint density at radius 1 is 1.50 bits per heavy atom. The van der Waals surface area contributed by atoms with Crippen molar-refractivity contribution in [2.24, 2.45) is 0 Å². The second-order valence-corrected chi connectivity index (χ2v) is 5.95. The van der Waals surface area contributed by atoms with Gasteiger partial charge in [-0.1, -0.05) is 11.6 Å². The Morgan fingerprint density at radius 2 is 2.25 bits per heavy atom. The number of rotatable bonds is 2. The van der Waals surface area contributed by atoms with E-state index in [2.05, 4.69) is 4.98 Å². The van der Waals surface area contributed by atoms with E-state index in [9.17, 15) is 13.5 Å². The highest BCUT2D eigenvalue weighted by Crippen LogP contribution is 2.21. The van der Waals surface area contributed by atoms with Gasteiger partial charge in [-0.3, -0.25) is 0 Å². The van der Waals surface area contributed by atoms with E-state index in [-0.39, 0.29) is 16.6 Å². The number of aromatic nitrogens is 1. The van der Waals surface area contributed by atoms with Crippen molar-refractivity contribution in [2.75, 3.05) is 13.1 Å². The third kappa shape index (κ3) is 2.20. The van der Waals surface area contributed by atoms with Crippen molar-refractivity contribution in [3.8, 4) is 0 Å². The highest BCUT2D eigenvalue weighted by molar-refractivity contribution is 7.89. The predicted molar refractivity (Wildman–Crippen MR) is 58.6 cm³/mol. The van der Waals surface area contributed by atoms with Gasteiger partial charge in [0.2, 0.25) is 10.0 Å². The molecule has 2 rings (SSSR count). The van der Waals surface area contributed by atoms with Gasteiger partial charge < -0.3 is 5.11 Å². The van der Waals surface area contributed by atoms with E-state index in [1.807, 2.05) is 0 Å². The molecule has 1 aromatic heterocycles. The van der Waals surface area contributed by atoms with Crippen molar-refractivity contribution in [2.45, 2.75) is 17.4 Å². The molecule has 0 bridgehead atoms. The topological polar surface area (TPSA) is 70.5 Å². The molecule has 1 fully saturated rings. The lowest BCUT2D eigenvalue weighted by Gasteiger charge is -2.15. The molecule has 0 unspecified atom stereocenters. The summed E-state index contributed by atoms with van der Waals surface area (Å²) in [7, 11) is -3.54. The normalized spacial score (nSPS) is 22.5. The third-order valence-corrected chi connectivity index (χ3v) is 4.54. The van der Waals surface area contributed by atoms with Gasteiger partial charge in [0, 0.05) is 19.3 Å². The molecule has 88 valence electrons. The Labute approximate surface area is 98.7 Å². The Morgan fingerprint density at radius 3 is 2.75 bits per heavy atom. The highest BCUT2D eigenvalue weighted by atomic mass is 35.5. The number of aliphatic hydroxyl groups is 1. The molecule has 1 aliphatic heterocycles. The summed E-state index contributed by atoms with van der Waals surface area (Å²) in [5.41, 5.74) is 0. The molecule has 1 aliphatic rings. The maximum atomic E-state index is 12.0. The molecule has 7 heteroatoms. The van der Waals surface area contributed by atoms with Crippen LogP contribution in [0, 0.1) is 0 Å². The molecular formula is C9H11ClN2O3S. The average molecular weight is 263 g/mol. The molecule has 1 aromatic rings. The predicted octanol–water partition coefficient (Wildman–Crippen LogP) is 0.490. The smallest absolute Gasteiger partial charge is 0.244 e. The number of aliphatic hydroxyl groups excluding tert-OH is 1. The monoisotopic (exact) mass is 262 g/mol. The Kier molecular flexibility index (Phi) is 3.16. The van der Waals surface area contributed by atoms with Crippen LogP contribution in [0.3, 0.4) is 0 Å². The van der Waals surface area contributed by atoms with E-state index in [1.165, 1.54) is 22.6 Å². The largest absolute Gasteiger partial charge is 0.392 e. The first-order chi connectivity index (χ1) is 7.50. The Balaban J connectivity index is 2.29. The van der Waals surface area contributed by atoms with Gasteiger partial charge in [-0.25, -0.2) is 13.4 Å². The van der Waals surface area contributed by atoms with Crippen molar-refractivity contribution in [1.82, 2.24) is 9.29 Å². The Hall–Kier alpha value is -0.690. The molecule has 1 N–H and O–H groups in total. The number of sulfonamides is 1. The first-order valence-electron chi connectivity index (χ1n) is 4.80. The van der Waals surface area contributed by atoms with Gasteiger partial charge >= 0.3 is 0 Å². The average Bonchev–Trinajstić information content (AvgIpc) is 2.66. The SMILES string of the molecule is O=S(=O)(c1ccc(Cl)nc1)N1CC[C@@H](O)C1. The Bertz CT molecular complexity index is 474. The first kappa shape index (κ1) is 11.8. The number of halogens is 1. The lowest BCUT2D eigenvalue weighted by atomic mass is 10.3. The quantitative estimate of drug-likeness (QED) is 0.788. The molecule has 16 heavy (non-hydrogen) atoms.